The molecule has 0 saturated carbocycles. The molecular formula is C23H26N4O2S. The normalized spacial score (nSPS) is 20.8. The van der Waals surface area contributed by atoms with Crippen molar-refractivity contribution < 1.29 is 0 Å². The van der Waals surface area contributed by atoms with Crippen molar-refractivity contribution in [3.63, 3.8) is 0 Å². The number of fused-ring (bicyclic) bond motifs is 2. The fraction of sp³-hybridized carbons (Fsp3) is 0.435. The number of nitrogens with zero attached hydrogens (tertiary/aromatic N) is 4. The number of thiophene rings is 1. The van der Waals surface area contributed by atoms with E-state index in [0.717, 1.165) is 49.6 Å². The summed E-state index contributed by atoms with van der Waals surface area (Å²) < 4.78 is 3.01. The zero-order valence-electron chi connectivity index (χ0n) is 17.2. The lowest BCUT2D eigenvalue weighted by Crippen LogP contribution is -2.45. The third-order valence-corrected chi connectivity index (χ3v) is 7.44. The molecule has 1 saturated heterocycles. The molecular weight excluding hydrogens is 396 g/mol. The number of hydrogen-bond donors (Lipinski definition) is 0. The Labute approximate surface area is 179 Å². The van der Waals surface area contributed by atoms with Crippen LogP contribution in [0.2, 0.25) is 0 Å². The predicted molar refractivity (Wildman–Crippen MR) is 118 cm³/mol. The summed E-state index contributed by atoms with van der Waals surface area (Å²) in [4.78, 5) is 28.8. The summed E-state index contributed by atoms with van der Waals surface area (Å²) in [5, 5.41) is 6.71. The van der Waals surface area contributed by atoms with Crippen LogP contribution in [0.1, 0.15) is 41.6 Å². The van der Waals surface area contributed by atoms with Crippen LogP contribution in [-0.4, -0.2) is 32.3 Å². The van der Waals surface area contributed by atoms with Crippen LogP contribution in [0.25, 0.3) is 0 Å². The maximum Gasteiger partial charge on any atom is 0.332 e. The molecule has 1 spiro atoms. The van der Waals surface area contributed by atoms with E-state index in [0.29, 0.717) is 13.1 Å². The summed E-state index contributed by atoms with van der Waals surface area (Å²) in [5.74, 6) is 0.799. The van der Waals surface area contributed by atoms with E-state index in [1.807, 2.05) is 17.5 Å². The Bertz CT molecular complexity index is 1160. The number of likely N-dealkylation sites (tertiary alicyclic amines) is 1. The van der Waals surface area contributed by atoms with Crippen molar-refractivity contribution in [1.82, 2.24) is 19.2 Å². The molecule has 2 aliphatic heterocycles. The molecule has 1 fully saturated rings. The van der Waals surface area contributed by atoms with Crippen molar-refractivity contribution in [2.45, 2.75) is 51.2 Å². The third kappa shape index (κ3) is 3.36. The van der Waals surface area contributed by atoms with Gasteiger partial charge in [0.2, 0.25) is 0 Å². The van der Waals surface area contributed by atoms with Crippen molar-refractivity contribution in [3.05, 3.63) is 84.3 Å². The Hall–Kier alpha value is -2.51. The highest BCUT2D eigenvalue weighted by Crippen LogP contribution is 2.40. The van der Waals surface area contributed by atoms with E-state index >= 15 is 0 Å². The van der Waals surface area contributed by atoms with E-state index in [1.165, 1.54) is 15.8 Å². The third-order valence-electron chi connectivity index (χ3n) is 6.58. The molecule has 0 amide bonds. The first-order chi connectivity index (χ1) is 14.6. The quantitative estimate of drug-likeness (QED) is 0.593. The van der Waals surface area contributed by atoms with E-state index in [9.17, 15) is 9.59 Å². The molecule has 4 heterocycles. The standard InChI is InChI=1S/C23H26N4O2S/c1-2-17-5-7-18(8-6-17)14-25-11-9-23(16-25)10-12-26-20(28)21(29)27(24-22(23)26)15-19-4-3-13-30-19/h3-8,13H,2,9-12,14-16H2,1H3/t23-/m1/s1. The number of aromatic nitrogens is 3. The lowest BCUT2D eigenvalue weighted by molar-refractivity contribution is 0.298. The summed E-state index contributed by atoms with van der Waals surface area (Å²) in [5.41, 5.74) is 1.59. The zero-order valence-corrected chi connectivity index (χ0v) is 18.0. The Morgan fingerprint density at radius 2 is 1.77 bits per heavy atom. The fourth-order valence-corrected chi connectivity index (χ4v) is 5.53. The van der Waals surface area contributed by atoms with Gasteiger partial charge in [-0.15, -0.1) is 11.3 Å². The van der Waals surface area contributed by atoms with Gasteiger partial charge in [0.1, 0.15) is 5.82 Å². The highest BCUT2D eigenvalue weighted by Gasteiger charge is 2.47. The van der Waals surface area contributed by atoms with Crippen LogP contribution >= 0.6 is 11.3 Å². The Kier molecular flexibility index (Phi) is 4.95. The summed E-state index contributed by atoms with van der Waals surface area (Å²) >= 11 is 1.58. The van der Waals surface area contributed by atoms with Gasteiger partial charge in [-0.3, -0.25) is 19.1 Å². The van der Waals surface area contributed by atoms with Gasteiger partial charge in [-0.05, 0) is 48.4 Å². The van der Waals surface area contributed by atoms with Gasteiger partial charge in [0.25, 0.3) is 0 Å². The second kappa shape index (κ2) is 7.63. The smallest absolute Gasteiger partial charge is 0.298 e. The number of hydrogen-bond acceptors (Lipinski definition) is 5. The summed E-state index contributed by atoms with van der Waals surface area (Å²) in [6, 6.07) is 12.8. The zero-order chi connectivity index (χ0) is 20.7. The maximum absolute atomic E-state index is 12.8. The average Bonchev–Trinajstić information content (AvgIpc) is 3.49. The Morgan fingerprint density at radius 1 is 1.00 bits per heavy atom. The minimum atomic E-state index is -0.518. The molecule has 156 valence electrons. The number of aryl methyl sites for hydroxylation is 1. The van der Waals surface area contributed by atoms with E-state index < -0.39 is 11.1 Å². The topological polar surface area (TPSA) is 60.1 Å². The first-order valence-corrected chi connectivity index (χ1v) is 11.5. The minimum Gasteiger partial charge on any atom is -0.298 e. The van der Waals surface area contributed by atoms with Crippen LogP contribution in [0.4, 0.5) is 0 Å². The van der Waals surface area contributed by atoms with Crippen LogP contribution < -0.4 is 11.1 Å². The molecule has 2 aromatic heterocycles. The molecule has 1 atom stereocenters. The van der Waals surface area contributed by atoms with Gasteiger partial charge in [0, 0.05) is 29.9 Å². The second-order valence-corrected chi connectivity index (χ2v) is 9.52. The lowest BCUT2D eigenvalue weighted by atomic mass is 9.85. The molecule has 0 N–H and O–H groups in total. The monoisotopic (exact) mass is 422 g/mol. The largest absolute Gasteiger partial charge is 0.332 e. The van der Waals surface area contributed by atoms with Gasteiger partial charge in [0.05, 0.1) is 6.54 Å². The molecule has 3 aromatic rings. The van der Waals surface area contributed by atoms with E-state index in [2.05, 4.69) is 36.1 Å². The van der Waals surface area contributed by atoms with Gasteiger partial charge < -0.3 is 0 Å². The lowest BCUT2D eigenvalue weighted by Gasteiger charge is -2.24. The molecule has 5 rings (SSSR count). The molecule has 6 nitrogen and oxygen atoms in total. The molecule has 0 unspecified atom stereocenters. The van der Waals surface area contributed by atoms with Gasteiger partial charge in [-0.25, -0.2) is 4.68 Å². The maximum atomic E-state index is 12.8. The number of benzene rings is 1. The van der Waals surface area contributed by atoms with Crippen LogP contribution in [-0.2, 0) is 31.5 Å². The van der Waals surface area contributed by atoms with Gasteiger partial charge in [-0.1, -0.05) is 37.3 Å². The molecule has 2 aliphatic rings. The van der Waals surface area contributed by atoms with Crippen LogP contribution in [0.3, 0.4) is 0 Å². The minimum absolute atomic E-state index is 0.132. The van der Waals surface area contributed by atoms with Crippen molar-refractivity contribution in [3.8, 4) is 0 Å². The van der Waals surface area contributed by atoms with Gasteiger partial charge >= 0.3 is 11.1 Å². The van der Waals surface area contributed by atoms with E-state index in [-0.39, 0.29) is 5.41 Å². The SMILES string of the molecule is CCc1ccc(CN2CC[C@@]3(CCn4c3nn(Cc3cccs3)c(=O)c4=O)C2)cc1. The Morgan fingerprint density at radius 3 is 2.50 bits per heavy atom. The second-order valence-electron chi connectivity index (χ2n) is 8.48. The van der Waals surface area contributed by atoms with Crippen molar-refractivity contribution >= 4 is 11.3 Å². The van der Waals surface area contributed by atoms with Crippen molar-refractivity contribution in [2.24, 2.45) is 0 Å². The molecule has 0 bridgehead atoms. The molecule has 7 heteroatoms. The predicted octanol–water partition coefficient (Wildman–Crippen LogP) is 2.62. The summed E-state index contributed by atoms with van der Waals surface area (Å²) in [7, 11) is 0. The summed E-state index contributed by atoms with van der Waals surface area (Å²) in [6.07, 6.45) is 2.91. The van der Waals surface area contributed by atoms with Crippen molar-refractivity contribution in [1.29, 1.82) is 0 Å². The molecule has 0 radical (unpaired) electrons. The van der Waals surface area contributed by atoms with Crippen molar-refractivity contribution in [2.75, 3.05) is 13.1 Å². The summed E-state index contributed by atoms with van der Waals surface area (Å²) in [6.45, 7) is 5.90. The van der Waals surface area contributed by atoms with Gasteiger partial charge in [0.15, 0.2) is 0 Å². The molecule has 1 aromatic carbocycles. The molecule has 0 aliphatic carbocycles. The molecule has 30 heavy (non-hydrogen) atoms. The Balaban J connectivity index is 1.41. The van der Waals surface area contributed by atoms with Crippen LogP contribution in [0.15, 0.2) is 51.4 Å². The van der Waals surface area contributed by atoms with Crippen LogP contribution in [0, 0.1) is 0 Å². The highest BCUT2D eigenvalue weighted by atomic mass is 32.1. The van der Waals surface area contributed by atoms with E-state index in [1.54, 1.807) is 15.9 Å². The fourth-order valence-electron chi connectivity index (χ4n) is 4.85. The first kappa shape index (κ1) is 19.5. The van der Waals surface area contributed by atoms with Crippen LogP contribution in [0.5, 0.6) is 0 Å². The number of rotatable bonds is 5. The van der Waals surface area contributed by atoms with Gasteiger partial charge in [-0.2, -0.15) is 5.10 Å². The van der Waals surface area contributed by atoms with E-state index in [4.69, 9.17) is 5.10 Å². The average molecular weight is 423 g/mol. The highest BCUT2D eigenvalue weighted by molar-refractivity contribution is 7.09. The first-order valence-electron chi connectivity index (χ1n) is 10.6.